The van der Waals surface area contributed by atoms with Gasteiger partial charge in [-0.25, -0.2) is 14.4 Å². The highest BCUT2D eigenvalue weighted by molar-refractivity contribution is 5.78. The molecule has 6 nitrogen and oxygen atoms in total. The van der Waals surface area contributed by atoms with E-state index in [0.717, 1.165) is 51.0 Å². The lowest BCUT2D eigenvalue weighted by atomic mass is 10.0. The van der Waals surface area contributed by atoms with Gasteiger partial charge in [0.25, 0.3) is 0 Å². The van der Waals surface area contributed by atoms with Crippen LogP contribution < -0.4 is 10.2 Å². The molecule has 2 aliphatic heterocycles. The quantitative estimate of drug-likeness (QED) is 0.847. The number of benzene rings is 1. The van der Waals surface area contributed by atoms with Gasteiger partial charge in [-0.2, -0.15) is 0 Å². The van der Waals surface area contributed by atoms with Gasteiger partial charge in [-0.1, -0.05) is 0 Å². The highest BCUT2D eigenvalue weighted by atomic mass is 19.1. The Morgan fingerprint density at radius 2 is 2.04 bits per heavy atom. The molecule has 0 bridgehead atoms. The second-order valence-electron chi connectivity index (χ2n) is 6.94. The summed E-state index contributed by atoms with van der Waals surface area (Å²) in [6.07, 6.45) is 3.52. The minimum absolute atomic E-state index is 0.274. The molecule has 2 fully saturated rings. The molecule has 1 aromatic carbocycles. The maximum absolute atomic E-state index is 13.4. The Hall–Kier alpha value is -1.83. The average Bonchev–Trinajstić information content (AvgIpc) is 2.86. The smallest absolute Gasteiger partial charge is 0.225 e. The lowest BCUT2D eigenvalue weighted by molar-refractivity contribution is 0.0960. The molecule has 4 rings (SSSR count). The van der Waals surface area contributed by atoms with E-state index in [1.54, 1.807) is 12.3 Å². The SMILES string of the molecule is O[C@@H]1CNCCN(C2CCN(c3ncc4ccc(F)cc4n3)CC2)C1. The summed E-state index contributed by atoms with van der Waals surface area (Å²) < 4.78 is 13.4. The van der Waals surface area contributed by atoms with Gasteiger partial charge in [0.1, 0.15) is 5.82 Å². The van der Waals surface area contributed by atoms with Crippen LogP contribution in [0, 0.1) is 5.82 Å². The first-order valence-corrected chi connectivity index (χ1v) is 8.99. The molecule has 1 aromatic heterocycles. The molecule has 0 radical (unpaired) electrons. The van der Waals surface area contributed by atoms with Crippen molar-refractivity contribution in [1.29, 1.82) is 0 Å². The summed E-state index contributed by atoms with van der Waals surface area (Å²) in [6.45, 7) is 5.08. The molecule has 3 heterocycles. The molecule has 25 heavy (non-hydrogen) atoms. The number of fused-ring (bicyclic) bond motifs is 1. The van der Waals surface area contributed by atoms with Crippen LogP contribution in [0.2, 0.25) is 0 Å². The van der Waals surface area contributed by atoms with Crippen LogP contribution >= 0.6 is 0 Å². The predicted molar refractivity (Wildman–Crippen MR) is 95.2 cm³/mol. The van der Waals surface area contributed by atoms with Crippen molar-refractivity contribution in [1.82, 2.24) is 20.2 Å². The van der Waals surface area contributed by atoms with Crippen LogP contribution in [0.4, 0.5) is 10.3 Å². The maximum atomic E-state index is 13.4. The number of aliphatic hydroxyl groups is 1. The zero-order chi connectivity index (χ0) is 17.2. The zero-order valence-corrected chi connectivity index (χ0v) is 14.2. The van der Waals surface area contributed by atoms with Crippen LogP contribution in [0.5, 0.6) is 0 Å². The topological polar surface area (TPSA) is 64.5 Å². The maximum Gasteiger partial charge on any atom is 0.225 e. The third kappa shape index (κ3) is 3.73. The standard InChI is InChI=1S/C18H24FN5O/c19-14-2-1-13-10-21-18(22-17(13)9-14)23-6-3-15(4-7-23)24-8-5-20-11-16(25)12-24/h1-2,9-10,15-16,20,25H,3-8,11-12H2/t16-/m1/s1. The summed E-state index contributed by atoms with van der Waals surface area (Å²) >= 11 is 0. The van der Waals surface area contributed by atoms with E-state index in [1.807, 2.05) is 0 Å². The Bertz CT molecular complexity index is 734. The van der Waals surface area contributed by atoms with Crippen molar-refractivity contribution >= 4 is 16.9 Å². The number of β-amino-alcohol motifs (C(OH)–C–C–N with tert-alkyl or cyclic N) is 1. The van der Waals surface area contributed by atoms with Gasteiger partial charge < -0.3 is 15.3 Å². The number of aliphatic hydroxyl groups excluding tert-OH is 1. The number of anilines is 1. The van der Waals surface area contributed by atoms with E-state index < -0.39 is 0 Å². The number of nitrogens with one attached hydrogen (secondary N) is 1. The normalized spacial score (nSPS) is 23.8. The van der Waals surface area contributed by atoms with Crippen molar-refractivity contribution < 1.29 is 9.50 Å². The molecular formula is C18H24FN5O. The molecule has 0 unspecified atom stereocenters. The van der Waals surface area contributed by atoms with Gasteiger partial charge in [0.15, 0.2) is 0 Å². The molecule has 134 valence electrons. The van der Waals surface area contributed by atoms with Crippen molar-refractivity contribution in [2.45, 2.75) is 25.0 Å². The zero-order valence-electron chi connectivity index (χ0n) is 14.2. The van der Waals surface area contributed by atoms with Gasteiger partial charge in [0, 0.05) is 63.0 Å². The van der Waals surface area contributed by atoms with E-state index in [-0.39, 0.29) is 11.9 Å². The number of rotatable bonds is 2. The van der Waals surface area contributed by atoms with E-state index in [9.17, 15) is 9.50 Å². The second kappa shape index (κ2) is 7.19. The van der Waals surface area contributed by atoms with Gasteiger partial charge in [0.05, 0.1) is 11.6 Å². The first-order valence-electron chi connectivity index (χ1n) is 8.99. The highest BCUT2D eigenvalue weighted by Crippen LogP contribution is 2.22. The number of nitrogens with zero attached hydrogens (tertiary/aromatic N) is 4. The van der Waals surface area contributed by atoms with Crippen LogP contribution in [0.1, 0.15) is 12.8 Å². The summed E-state index contributed by atoms with van der Waals surface area (Å²) in [5, 5.41) is 14.1. The summed E-state index contributed by atoms with van der Waals surface area (Å²) in [5.74, 6) is 0.401. The van der Waals surface area contributed by atoms with Gasteiger partial charge in [-0.3, -0.25) is 4.90 Å². The summed E-state index contributed by atoms with van der Waals surface area (Å²) in [6, 6.07) is 5.09. The number of halogens is 1. The van der Waals surface area contributed by atoms with Crippen molar-refractivity contribution in [2.75, 3.05) is 44.2 Å². The molecule has 1 atom stereocenters. The van der Waals surface area contributed by atoms with Crippen LogP contribution in [0.25, 0.3) is 10.9 Å². The van der Waals surface area contributed by atoms with E-state index in [0.29, 0.717) is 24.1 Å². The summed E-state index contributed by atoms with van der Waals surface area (Å²) in [7, 11) is 0. The predicted octanol–water partition coefficient (Wildman–Crippen LogP) is 1.00. The summed E-state index contributed by atoms with van der Waals surface area (Å²) in [4.78, 5) is 13.6. The first-order chi connectivity index (χ1) is 12.2. The fourth-order valence-electron chi connectivity index (χ4n) is 3.82. The molecule has 7 heteroatoms. The third-order valence-corrected chi connectivity index (χ3v) is 5.20. The Morgan fingerprint density at radius 1 is 1.20 bits per heavy atom. The number of aromatic nitrogens is 2. The molecule has 0 spiro atoms. The van der Waals surface area contributed by atoms with Crippen LogP contribution in [-0.2, 0) is 0 Å². The average molecular weight is 345 g/mol. The molecule has 2 N–H and O–H groups in total. The lowest BCUT2D eigenvalue weighted by Crippen LogP contribution is -2.47. The summed E-state index contributed by atoms with van der Waals surface area (Å²) in [5.41, 5.74) is 0.647. The van der Waals surface area contributed by atoms with Crippen LogP contribution in [-0.4, -0.2) is 71.4 Å². The highest BCUT2D eigenvalue weighted by Gasteiger charge is 2.28. The van der Waals surface area contributed by atoms with Crippen LogP contribution in [0.3, 0.4) is 0 Å². The molecule has 2 saturated heterocycles. The van der Waals surface area contributed by atoms with Gasteiger partial charge in [0.2, 0.25) is 5.95 Å². The Kier molecular flexibility index (Phi) is 4.78. The molecule has 2 aliphatic rings. The Morgan fingerprint density at radius 3 is 2.88 bits per heavy atom. The Labute approximate surface area is 146 Å². The van der Waals surface area contributed by atoms with Gasteiger partial charge >= 0.3 is 0 Å². The van der Waals surface area contributed by atoms with E-state index in [2.05, 4.69) is 25.1 Å². The van der Waals surface area contributed by atoms with E-state index in [4.69, 9.17) is 0 Å². The molecule has 0 aliphatic carbocycles. The largest absolute Gasteiger partial charge is 0.390 e. The van der Waals surface area contributed by atoms with Crippen LogP contribution in [0.15, 0.2) is 24.4 Å². The molecule has 2 aromatic rings. The monoisotopic (exact) mass is 345 g/mol. The van der Waals surface area contributed by atoms with Crippen molar-refractivity contribution in [2.24, 2.45) is 0 Å². The molecule has 0 amide bonds. The lowest BCUT2D eigenvalue weighted by Gasteiger charge is -2.38. The third-order valence-electron chi connectivity index (χ3n) is 5.20. The van der Waals surface area contributed by atoms with E-state index >= 15 is 0 Å². The number of hydrogen-bond donors (Lipinski definition) is 2. The van der Waals surface area contributed by atoms with Crippen molar-refractivity contribution in [3.05, 3.63) is 30.2 Å². The second-order valence-corrected chi connectivity index (χ2v) is 6.94. The van der Waals surface area contributed by atoms with Crippen molar-refractivity contribution in [3.63, 3.8) is 0 Å². The molecular weight excluding hydrogens is 321 g/mol. The fraction of sp³-hybridized carbons (Fsp3) is 0.556. The number of hydrogen-bond acceptors (Lipinski definition) is 6. The fourth-order valence-corrected chi connectivity index (χ4v) is 3.82. The minimum Gasteiger partial charge on any atom is -0.390 e. The van der Waals surface area contributed by atoms with Gasteiger partial charge in [-0.15, -0.1) is 0 Å². The van der Waals surface area contributed by atoms with E-state index in [1.165, 1.54) is 12.1 Å². The molecule has 0 saturated carbocycles. The Balaban J connectivity index is 1.43. The minimum atomic E-state index is -0.292. The first kappa shape index (κ1) is 16.6. The van der Waals surface area contributed by atoms with Crippen molar-refractivity contribution in [3.8, 4) is 0 Å². The van der Waals surface area contributed by atoms with Gasteiger partial charge in [-0.05, 0) is 25.0 Å². The number of piperidine rings is 1.